The first-order valence-electron chi connectivity index (χ1n) is 19.4. The van der Waals surface area contributed by atoms with E-state index in [2.05, 4.69) is 59.3 Å². The van der Waals surface area contributed by atoms with E-state index >= 15 is 4.79 Å². The zero-order valence-electron chi connectivity index (χ0n) is 31.0. The molecule has 4 aliphatic rings. The summed E-state index contributed by atoms with van der Waals surface area (Å²) < 4.78 is 2.28. The minimum atomic E-state index is -0.464. The molecule has 1 atom stereocenters. The maximum Gasteiger partial charge on any atom is 0.255 e. The van der Waals surface area contributed by atoms with Gasteiger partial charge in [-0.1, -0.05) is 66.7 Å². The van der Waals surface area contributed by atoms with Crippen molar-refractivity contribution in [1.29, 1.82) is 0 Å². The number of phenolic OH excluding ortho intramolecular Hbond substituents is 1. The number of rotatable bonds is 6. The lowest BCUT2D eigenvalue weighted by molar-refractivity contribution is -0.134. The standard InChI is InChI=1S/C46H46N4O4/c1-29-24-31-10-6-7-11-33(31)28-50(29)44(53)38-26-34-27-48(45(54)46(20-21-46)35-12-4-3-5-13-35)23-19-32(34)25-37(38)42-40(30-15-17-36(51)18-16-30)41(43(52)47-2)39-14-8-9-22-49(39)42/h3-7,10-13,15-18,25-26,29,51H,8-9,14,19-24,27-28H2,1-2H3,(H,47,52)/t29-/m1/s1. The van der Waals surface area contributed by atoms with Crippen molar-refractivity contribution in [1.82, 2.24) is 19.7 Å². The fraction of sp³-hybridized carbons (Fsp3) is 0.326. The summed E-state index contributed by atoms with van der Waals surface area (Å²) >= 11 is 0. The van der Waals surface area contributed by atoms with E-state index in [4.69, 9.17) is 0 Å². The highest BCUT2D eigenvalue weighted by Gasteiger charge is 2.53. The molecule has 3 aliphatic heterocycles. The number of nitrogens with zero attached hydrogens (tertiary/aromatic N) is 3. The summed E-state index contributed by atoms with van der Waals surface area (Å²) in [6, 6.07) is 29.8. The van der Waals surface area contributed by atoms with Gasteiger partial charge < -0.3 is 24.8 Å². The minimum absolute atomic E-state index is 0.0193. The van der Waals surface area contributed by atoms with Gasteiger partial charge in [0.05, 0.1) is 16.7 Å². The number of aromatic nitrogens is 1. The summed E-state index contributed by atoms with van der Waals surface area (Å²) in [4.78, 5) is 47.4. The number of phenols is 1. The molecule has 0 unspecified atom stereocenters. The van der Waals surface area contributed by atoms with Crippen LogP contribution in [0, 0.1) is 0 Å². The topological polar surface area (TPSA) is 94.9 Å². The SMILES string of the molecule is CNC(=O)c1c(-c2ccc(O)cc2)c(-c2cc3c(cc2C(=O)N2Cc4ccccc4C[C@H]2C)CN(C(=O)C2(c4ccccc4)CC2)CC3)n2c1CCCC2. The van der Waals surface area contributed by atoms with Gasteiger partial charge in [-0.3, -0.25) is 14.4 Å². The highest BCUT2D eigenvalue weighted by molar-refractivity contribution is 6.09. The van der Waals surface area contributed by atoms with Crippen LogP contribution in [0.1, 0.15) is 86.8 Å². The number of benzene rings is 4. The largest absolute Gasteiger partial charge is 0.508 e. The fourth-order valence-corrected chi connectivity index (χ4v) is 9.37. The van der Waals surface area contributed by atoms with Gasteiger partial charge in [-0.05, 0) is 110 Å². The van der Waals surface area contributed by atoms with Crippen LogP contribution in [0.4, 0.5) is 0 Å². The van der Waals surface area contributed by atoms with Crippen molar-refractivity contribution in [2.24, 2.45) is 0 Å². The van der Waals surface area contributed by atoms with E-state index < -0.39 is 5.41 Å². The highest BCUT2D eigenvalue weighted by atomic mass is 16.3. The molecule has 8 heteroatoms. The molecular weight excluding hydrogens is 673 g/mol. The number of hydrogen-bond donors (Lipinski definition) is 2. The first-order chi connectivity index (χ1) is 26.3. The molecule has 1 aromatic heterocycles. The van der Waals surface area contributed by atoms with Gasteiger partial charge in [0.2, 0.25) is 5.91 Å². The second-order valence-electron chi connectivity index (χ2n) is 15.6. The van der Waals surface area contributed by atoms with Crippen LogP contribution >= 0.6 is 0 Å². The molecule has 5 aromatic rings. The third-order valence-electron chi connectivity index (χ3n) is 12.4. The van der Waals surface area contributed by atoms with E-state index in [1.807, 2.05) is 46.2 Å². The average molecular weight is 719 g/mol. The van der Waals surface area contributed by atoms with Crippen molar-refractivity contribution < 1.29 is 19.5 Å². The van der Waals surface area contributed by atoms with E-state index in [1.165, 1.54) is 5.56 Å². The second kappa shape index (κ2) is 13.3. The summed E-state index contributed by atoms with van der Waals surface area (Å²) in [5.41, 5.74) is 10.6. The van der Waals surface area contributed by atoms with Crippen LogP contribution in [0.5, 0.6) is 5.75 Å². The molecule has 0 saturated heterocycles. The predicted molar refractivity (Wildman–Crippen MR) is 209 cm³/mol. The summed E-state index contributed by atoms with van der Waals surface area (Å²) in [6.45, 7) is 4.41. The van der Waals surface area contributed by atoms with E-state index in [0.717, 1.165) is 95.4 Å². The van der Waals surface area contributed by atoms with E-state index in [0.29, 0.717) is 37.2 Å². The van der Waals surface area contributed by atoms with Gasteiger partial charge in [0.15, 0.2) is 0 Å². The molecule has 1 saturated carbocycles. The molecule has 4 heterocycles. The van der Waals surface area contributed by atoms with Crippen molar-refractivity contribution in [2.75, 3.05) is 13.6 Å². The molecule has 0 bridgehead atoms. The molecule has 274 valence electrons. The Hall–Kier alpha value is -5.63. The van der Waals surface area contributed by atoms with Crippen molar-refractivity contribution in [3.63, 3.8) is 0 Å². The van der Waals surface area contributed by atoms with Gasteiger partial charge in [-0.2, -0.15) is 0 Å². The number of fused-ring (bicyclic) bond motifs is 3. The smallest absolute Gasteiger partial charge is 0.255 e. The Morgan fingerprint density at radius 1 is 0.796 bits per heavy atom. The first kappa shape index (κ1) is 34.2. The molecule has 8 nitrogen and oxygen atoms in total. The Kier molecular flexibility index (Phi) is 8.44. The van der Waals surface area contributed by atoms with Crippen LogP contribution in [0.25, 0.3) is 22.4 Å². The van der Waals surface area contributed by atoms with Crippen LogP contribution in [-0.4, -0.2) is 56.8 Å². The molecular formula is C46H46N4O4. The van der Waals surface area contributed by atoms with Gasteiger partial charge in [0.25, 0.3) is 11.8 Å². The summed E-state index contributed by atoms with van der Waals surface area (Å²) in [5, 5.41) is 13.2. The monoisotopic (exact) mass is 718 g/mol. The molecule has 3 amide bonds. The van der Waals surface area contributed by atoms with E-state index in [9.17, 15) is 14.7 Å². The lowest BCUT2D eigenvalue weighted by atomic mass is 9.87. The highest BCUT2D eigenvalue weighted by Crippen LogP contribution is 2.50. The Balaban J connectivity index is 1.22. The van der Waals surface area contributed by atoms with Crippen LogP contribution in [0.15, 0.2) is 91.0 Å². The lowest BCUT2D eigenvalue weighted by Crippen LogP contribution is -2.43. The van der Waals surface area contributed by atoms with Gasteiger partial charge in [0.1, 0.15) is 5.75 Å². The third kappa shape index (κ3) is 5.62. The molecule has 9 rings (SSSR count). The number of carbonyl (C=O) groups excluding carboxylic acids is 3. The molecule has 0 radical (unpaired) electrons. The van der Waals surface area contributed by atoms with Gasteiger partial charge in [0, 0.05) is 61.7 Å². The number of amides is 3. The Labute approximate surface area is 316 Å². The first-order valence-corrected chi connectivity index (χ1v) is 19.4. The van der Waals surface area contributed by atoms with Crippen LogP contribution < -0.4 is 5.32 Å². The summed E-state index contributed by atoms with van der Waals surface area (Å²) in [6.07, 6.45) is 5.83. The molecule has 0 spiro atoms. The van der Waals surface area contributed by atoms with Gasteiger partial charge in [-0.25, -0.2) is 0 Å². The molecule has 1 fully saturated rings. The van der Waals surface area contributed by atoms with Crippen molar-refractivity contribution in [3.8, 4) is 28.1 Å². The zero-order chi connectivity index (χ0) is 37.1. The molecule has 1 aliphatic carbocycles. The molecule has 2 N–H and O–H groups in total. The molecule has 54 heavy (non-hydrogen) atoms. The number of carbonyl (C=O) groups is 3. The maximum atomic E-state index is 15.3. The summed E-state index contributed by atoms with van der Waals surface area (Å²) in [7, 11) is 1.66. The Bertz CT molecular complexity index is 2300. The van der Waals surface area contributed by atoms with Gasteiger partial charge in [-0.15, -0.1) is 0 Å². The second-order valence-corrected chi connectivity index (χ2v) is 15.6. The Morgan fingerprint density at radius 2 is 1.54 bits per heavy atom. The van der Waals surface area contributed by atoms with E-state index in [1.54, 1.807) is 19.2 Å². The van der Waals surface area contributed by atoms with Crippen LogP contribution in [0.2, 0.25) is 0 Å². The van der Waals surface area contributed by atoms with E-state index in [-0.39, 0.29) is 29.5 Å². The predicted octanol–water partition coefficient (Wildman–Crippen LogP) is 7.43. The maximum absolute atomic E-state index is 15.3. The molecule has 4 aromatic carbocycles. The number of aromatic hydroxyl groups is 1. The Morgan fingerprint density at radius 3 is 2.28 bits per heavy atom. The van der Waals surface area contributed by atoms with Crippen molar-refractivity contribution >= 4 is 17.7 Å². The van der Waals surface area contributed by atoms with Gasteiger partial charge >= 0.3 is 0 Å². The van der Waals surface area contributed by atoms with Crippen molar-refractivity contribution in [3.05, 3.63) is 136 Å². The number of hydrogen-bond acceptors (Lipinski definition) is 4. The van der Waals surface area contributed by atoms with Crippen molar-refractivity contribution in [2.45, 2.75) is 83.0 Å². The number of nitrogens with one attached hydrogen (secondary N) is 1. The summed E-state index contributed by atoms with van der Waals surface area (Å²) in [5.74, 6) is 0.103. The quantitative estimate of drug-likeness (QED) is 0.191. The van der Waals surface area contributed by atoms with Crippen LogP contribution in [-0.2, 0) is 49.1 Å². The minimum Gasteiger partial charge on any atom is -0.508 e. The third-order valence-corrected chi connectivity index (χ3v) is 12.4. The average Bonchev–Trinajstić information content (AvgIpc) is 3.95. The zero-order valence-corrected chi connectivity index (χ0v) is 31.0. The fourth-order valence-electron chi connectivity index (χ4n) is 9.37. The van der Waals surface area contributed by atoms with Crippen LogP contribution in [0.3, 0.4) is 0 Å². The normalized spacial score (nSPS) is 18.3. The lowest BCUT2D eigenvalue weighted by Gasteiger charge is -2.36.